The number of aryl methyl sites for hydroxylation is 1. The number of carbonyl (C=O) groups is 1. The van der Waals surface area contributed by atoms with E-state index in [2.05, 4.69) is 49.7 Å². The number of nitrogens with zero attached hydrogens (tertiary/aromatic N) is 4. The van der Waals surface area contributed by atoms with Crippen LogP contribution in [0.15, 0.2) is 42.7 Å². The van der Waals surface area contributed by atoms with E-state index in [1.165, 1.54) is 17.7 Å². The number of anilines is 2. The first kappa shape index (κ1) is 19.8. The van der Waals surface area contributed by atoms with E-state index in [0.717, 1.165) is 58.4 Å². The molecular weight excluding hydrogens is 408 g/mol. The normalized spacial score (nSPS) is 15.4. The number of nitrogens with one attached hydrogen (secondary N) is 2. The Balaban J connectivity index is 1.38. The van der Waals surface area contributed by atoms with Gasteiger partial charge in [0.15, 0.2) is 0 Å². The standard InChI is InChI=1S/C23H24N6OS/c1-14-3-4-15-11-17(5-6-19(15)26-14)27-21-18-12-20(31-23(18)25-13-24-21)22(30)28-16-7-9-29(2)10-8-16/h3-6,11-13,16H,7-10H2,1-2H3,(H,28,30)(H,24,25,27). The van der Waals surface area contributed by atoms with E-state index in [1.54, 1.807) is 0 Å². The molecule has 1 aromatic carbocycles. The molecule has 4 aromatic rings. The van der Waals surface area contributed by atoms with Gasteiger partial charge < -0.3 is 15.5 Å². The lowest BCUT2D eigenvalue weighted by molar-refractivity contribution is 0.0921. The number of benzene rings is 1. The summed E-state index contributed by atoms with van der Waals surface area (Å²) in [6, 6.07) is 12.2. The fourth-order valence-corrected chi connectivity index (χ4v) is 4.82. The molecular formula is C23H24N6OS. The molecule has 1 aliphatic heterocycles. The molecule has 1 amide bonds. The van der Waals surface area contributed by atoms with Crippen LogP contribution in [0.1, 0.15) is 28.2 Å². The van der Waals surface area contributed by atoms with Gasteiger partial charge in [-0.05, 0) is 70.2 Å². The zero-order valence-corrected chi connectivity index (χ0v) is 18.4. The fourth-order valence-electron chi connectivity index (χ4n) is 3.92. The molecule has 7 nitrogen and oxygen atoms in total. The minimum Gasteiger partial charge on any atom is -0.349 e. The Bertz CT molecular complexity index is 1260. The Hall–Kier alpha value is -3.10. The second-order valence-corrected chi connectivity index (χ2v) is 9.12. The SMILES string of the molecule is Cc1ccc2cc(Nc3ncnc4sc(C(=O)NC5CCN(C)CC5)cc34)ccc2n1. The second kappa shape index (κ2) is 8.20. The molecule has 0 saturated carbocycles. The molecule has 1 fully saturated rings. The molecule has 5 rings (SSSR count). The van der Waals surface area contributed by atoms with Crippen molar-refractivity contribution in [3.63, 3.8) is 0 Å². The van der Waals surface area contributed by atoms with E-state index in [-0.39, 0.29) is 11.9 Å². The number of likely N-dealkylation sites (tertiary alicyclic amines) is 1. The fraction of sp³-hybridized carbons (Fsp3) is 0.304. The molecule has 0 aliphatic carbocycles. The van der Waals surface area contributed by atoms with E-state index < -0.39 is 0 Å². The van der Waals surface area contributed by atoms with Gasteiger partial charge in [0.25, 0.3) is 5.91 Å². The maximum absolute atomic E-state index is 12.8. The van der Waals surface area contributed by atoms with Crippen molar-refractivity contribution < 1.29 is 4.79 Å². The van der Waals surface area contributed by atoms with Gasteiger partial charge in [0.2, 0.25) is 0 Å². The van der Waals surface area contributed by atoms with Crippen LogP contribution in [-0.4, -0.2) is 51.9 Å². The summed E-state index contributed by atoms with van der Waals surface area (Å²) < 4.78 is 0. The van der Waals surface area contributed by atoms with E-state index in [4.69, 9.17) is 0 Å². The molecule has 0 radical (unpaired) electrons. The van der Waals surface area contributed by atoms with E-state index in [0.29, 0.717) is 10.7 Å². The van der Waals surface area contributed by atoms with Gasteiger partial charge in [-0.3, -0.25) is 9.78 Å². The number of rotatable bonds is 4. The maximum Gasteiger partial charge on any atom is 0.261 e. The number of thiophene rings is 1. The van der Waals surface area contributed by atoms with Crippen molar-refractivity contribution in [3.8, 4) is 0 Å². The Labute approximate surface area is 184 Å². The molecule has 0 unspecified atom stereocenters. The maximum atomic E-state index is 12.8. The Morgan fingerprint density at radius 1 is 1.13 bits per heavy atom. The van der Waals surface area contributed by atoms with Gasteiger partial charge in [-0.15, -0.1) is 11.3 Å². The average molecular weight is 433 g/mol. The van der Waals surface area contributed by atoms with Crippen LogP contribution >= 0.6 is 11.3 Å². The minimum atomic E-state index is -0.0318. The lowest BCUT2D eigenvalue weighted by Gasteiger charge is -2.29. The first-order chi connectivity index (χ1) is 15.0. The quantitative estimate of drug-likeness (QED) is 0.505. The van der Waals surface area contributed by atoms with Crippen molar-refractivity contribution in [2.75, 3.05) is 25.5 Å². The molecule has 0 spiro atoms. The molecule has 3 aromatic heterocycles. The smallest absolute Gasteiger partial charge is 0.261 e. The monoisotopic (exact) mass is 432 g/mol. The third-order valence-corrected chi connectivity index (χ3v) is 6.74. The minimum absolute atomic E-state index is 0.0318. The lowest BCUT2D eigenvalue weighted by atomic mass is 10.1. The van der Waals surface area contributed by atoms with Crippen LogP contribution in [0.3, 0.4) is 0 Å². The van der Waals surface area contributed by atoms with Crippen LogP contribution in [0.5, 0.6) is 0 Å². The predicted molar refractivity (Wildman–Crippen MR) is 125 cm³/mol. The van der Waals surface area contributed by atoms with Crippen LogP contribution in [0.25, 0.3) is 21.1 Å². The summed E-state index contributed by atoms with van der Waals surface area (Å²) >= 11 is 1.40. The topological polar surface area (TPSA) is 83.0 Å². The number of carbonyl (C=O) groups excluding carboxylic acids is 1. The highest BCUT2D eigenvalue weighted by Crippen LogP contribution is 2.31. The molecule has 31 heavy (non-hydrogen) atoms. The van der Waals surface area contributed by atoms with Crippen molar-refractivity contribution in [2.45, 2.75) is 25.8 Å². The number of pyridine rings is 1. The highest BCUT2D eigenvalue weighted by Gasteiger charge is 2.21. The summed E-state index contributed by atoms with van der Waals surface area (Å²) in [5.74, 6) is 0.662. The lowest BCUT2D eigenvalue weighted by Crippen LogP contribution is -2.43. The van der Waals surface area contributed by atoms with Crippen molar-refractivity contribution >= 4 is 49.9 Å². The molecule has 1 saturated heterocycles. The molecule has 158 valence electrons. The summed E-state index contributed by atoms with van der Waals surface area (Å²) in [7, 11) is 2.12. The van der Waals surface area contributed by atoms with Crippen LogP contribution in [-0.2, 0) is 0 Å². The summed E-state index contributed by atoms with van der Waals surface area (Å²) in [4.78, 5) is 29.9. The van der Waals surface area contributed by atoms with Crippen LogP contribution in [0, 0.1) is 6.92 Å². The van der Waals surface area contributed by atoms with Crippen LogP contribution in [0.4, 0.5) is 11.5 Å². The Kier molecular flexibility index (Phi) is 5.25. The molecule has 4 heterocycles. The summed E-state index contributed by atoms with van der Waals surface area (Å²) in [5, 5.41) is 8.47. The van der Waals surface area contributed by atoms with Crippen LogP contribution in [0.2, 0.25) is 0 Å². The van der Waals surface area contributed by atoms with Gasteiger partial charge in [0, 0.05) is 22.8 Å². The van der Waals surface area contributed by atoms with E-state index >= 15 is 0 Å². The second-order valence-electron chi connectivity index (χ2n) is 8.09. The van der Waals surface area contributed by atoms with Gasteiger partial charge >= 0.3 is 0 Å². The van der Waals surface area contributed by atoms with Gasteiger partial charge in [-0.2, -0.15) is 0 Å². The van der Waals surface area contributed by atoms with Gasteiger partial charge in [0.1, 0.15) is 17.0 Å². The summed E-state index contributed by atoms with van der Waals surface area (Å²) in [6.45, 7) is 4.01. The van der Waals surface area contributed by atoms with Crippen molar-refractivity contribution in [1.29, 1.82) is 0 Å². The number of fused-ring (bicyclic) bond motifs is 2. The number of piperidine rings is 1. The Morgan fingerprint density at radius 2 is 1.97 bits per heavy atom. The zero-order valence-electron chi connectivity index (χ0n) is 17.6. The van der Waals surface area contributed by atoms with E-state index in [1.807, 2.05) is 31.2 Å². The summed E-state index contributed by atoms with van der Waals surface area (Å²) in [5.41, 5.74) is 2.87. The van der Waals surface area contributed by atoms with Crippen LogP contribution < -0.4 is 10.6 Å². The molecule has 8 heteroatoms. The Morgan fingerprint density at radius 3 is 2.81 bits per heavy atom. The molecule has 0 atom stereocenters. The summed E-state index contributed by atoms with van der Waals surface area (Å²) in [6.07, 6.45) is 3.50. The first-order valence-electron chi connectivity index (χ1n) is 10.4. The third-order valence-electron chi connectivity index (χ3n) is 5.70. The van der Waals surface area contributed by atoms with Gasteiger partial charge in [-0.25, -0.2) is 9.97 Å². The first-order valence-corrected chi connectivity index (χ1v) is 11.3. The van der Waals surface area contributed by atoms with Gasteiger partial charge in [-0.1, -0.05) is 6.07 Å². The highest BCUT2D eigenvalue weighted by atomic mass is 32.1. The van der Waals surface area contributed by atoms with Crippen molar-refractivity contribution in [2.24, 2.45) is 0 Å². The number of hydrogen-bond acceptors (Lipinski definition) is 7. The predicted octanol–water partition coefficient (Wildman–Crippen LogP) is 4.12. The molecule has 1 aliphatic rings. The number of aromatic nitrogens is 3. The third kappa shape index (κ3) is 4.22. The van der Waals surface area contributed by atoms with Crippen molar-refractivity contribution in [1.82, 2.24) is 25.2 Å². The number of amides is 1. The average Bonchev–Trinajstić information content (AvgIpc) is 3.21. The van der Waals surface area contributed by atoms with Gasteiger partial charge in [0.05, 0.1) is 15.8 Å². The largest absolute Gasteiger partial charge is 0.349 e. The van der Waals surface area contributed by atoms with E-state index in [9.17, 15) is 4.79 Å². The molecule has 2 N–H and O–H groups in total. The number of hydrogen-bond donors (Lipinski definition) is 2. The molecule has 0 bridgehead atoms. The van der Waals surface area contributed by atoms with Crippen molar-refractivity contribution in [3.05, 3.63) is 53.3 Å². The highest BCUT2D eigenvalue weighted by molar-refractivity contribution is 7.20. The zero-order chi connectivity index (χ0) is 21.4.